The monoisotopic (exact) mass is 296 g/mol. The lowest BCUT2D eigenvalue weighted by Gasteiger charge is -2.32. The summed E-state index contributed by atoms with van der Waals surface area (Å²) in [6.45, 7) is 7.98. The molecule has 0 N–H and O–H groups in total. The summed E-state index contributed by atoms with van der Waals surface area (Å²) in [6, 6.07) is 9.28. The molecule has 2 aromatic rings. The van der Waals surface area contributed by atoms with E-state index in [2.05, 4.69) is 16.4 Å². The van der Waals surface area contributed by atoms with Gasteiger partial charge in [-0.15, -0.1) is 5.10 Å². The van der Waals surface area contributed by atoms with Crippen molar-refractivity contribution in [1.29, 1.82) is 5.26 Å². The summed E-state index contributed by atoms with van der Waals surface area (Å²) in [7, 11) is -0.544. The van der Waals surface area contributed by atoms with Crippen LogP contribution in [0.3, 0.4) is 0 Å². The summed E-state index contributed by atoms with van der Waals surface area (Å²) in [4.78, 5) is 0. The first-order chi connectivity index (χ1) is 10.3. The third kappa shape index (κ3) is 2.41. The third-order valence-electron chi connectivity index (χ3n) is 4.25. The zero-order valence-corrected chi connectivity index (χ0v) is 13.1. The van der Waals surface area contributed by atoms with Gasteiger partial charge in [0.25, 0.3) is 0 Å². The lowest BCUT2D eigenvalue weighted by atomic mass is 9.86. The largest absolute Gasteiger partial charge is 0.518 e. The Balaban J connectivity index is 1.88. The van der Waals surface area contributed by atoms with Gasteiger partial charge in [-0.1, -0.05) is 11.3 Å². The Bertz CT molecular complexity index is 732. The maximum Gasteiger partial charge on any atom is 0.518 e. The lowest BCUT2D eigenvalue weighted by Crippen LogP contribution is -2.41. The molecule has 0 bridgehead atoms. The molecular weight excluding hydrogens is 279 g/mol. The molecule has 0 aliphatic carbocycles. The van der Waals surface area contributed by atoms with E-state index in [1.165, 1.54) is 0 Å². The minimum atomic E-state index is -0.544. The van der Waals surface area contributed by atoms with Crippen LogP contribution in [0.4, 0.5) is 0 Å². The molecule has 1 aromatic heterocycles. The molecule has 6 nitrogen and oxygen atoms in total. The van der Waals surface area contributed by atoms with Crippen molar-refractivity contribution in [3.63, 3.8) is 0 Å². The predicted octanol–water partition coefficient (Wildman–Crippen LogP) is 1.44. The first-order valence-electron chi connectivity index (χ1n) is 7.11. The number of hydrogen-bond donors (Lipinski definition) is 0. The molecule has 1 aliphatic heterocycles. The van der Waals surface area contributed by atoms with Crippen LogP contribution in [0.5, 0.6) is 0 Å². The van der Waals surface area contributed by atoms with Gasteiger partial charge in [-0.05, 0) is 45.9 Å². The van der Waals surface area contributed by atoms with Crippen molar-refractivity contribution in [2.24, 2.45) is 0 Å². The minimum absolute atomic E-state index is 0.415. The Hall–Kier alpha value is -2.17. The molecule has 0 saturated carbocycles. The standard InChI is InChI=1S/C15H17BN4O2/c1-14(2)15(3,4)22-16(21-14)13-10-20(19-18-13)12-7-5-6-11(8-12)9-17/h5-8,10H,1-4H3. The number of nitrogens with zero attached hydrogens (tertiary/aromatic N) is 4. The Morgan fingerprint density at radius 1 is 1.18 bits per heavy atom. The molecule has 0 atom stereocenters. The number of benzene rings is 1. The number of aromatic nitrogens is 3. The van der Waals surface area contributed by atoms with Gasteiger partial charge in [0.05, 0.1) is 34.7 Å². The molecule has 7 heteroatoms. The molecule has 0 unspecified atom stereocenters. The summed E-state index contributed by atoms with van der Waals surface area (Å²) in [6.07, 6.45) is 1.76. The second-order valence-electron chi connectivity index (χ2n) is 6.34. The summed E-state index contributed by atoms with van der Waals surface area (Å²) in [5.74, 6) is 0. The quantitative estimate of drug-likeness (QED) is 0.784. The second kappa shape index (κ2) is 4.94. The van der Waals surface area contributed by atoms with E-state index < -0.39 is 18.3 Å². The Labute approximate surface area is 129 Å². The van der Waals surface area contributed by atoms with Gasteiger partial charge in [-0.25, -0.2) is 4.68 Å². The molecule has 1 aliphatic rings. The van der Waals surface area contributed by atoms with Crippen molar-refractivity contribution in [3.05, 3.63) is 36.0 Å². The fourth-order valence-electron chi connectivity index (χ4n) is 2.19. The number of nitriles is 1. The second-order valence-corrected chi connectivity index (χ2v) is 6.34. The van der Waals surface area contributed by atoms with Crippen LogP contribution in [-0.2, 0) is 9.31 Å². The van der Waals surface area contributed by atoms with E-state index in [9.17, 15) is 0 Å². The van der Waals surface area contributed by atoms with Gasteiger partial charge in [0.2, 0.25) is 0 Å². The van der Waals surface area contributed by atoms with Crippen molar-refractivity contribution in [3.8, 4) is 11.8 Å². The van der Waals surface area contributed by atoms with Crippen molar-refractivity contribution < 1.29 is 9.31 Å². The molecule has 3 rings (SSSR count). The van der Waals surface area contributed by atoms with Crippen LogP contribution in [0.2, 0.25) is 0 Å². The van der Waals surface area contributed by atoms with E-state index in [1.807, 2.05) is 39.8 Å². The van der Waals surface area contributed by atoms with Gasteiger partial charge in [0.15, 0.2) is 0 Å². The van der Waals surface area contributed by atoms with Gasteiger partial charge < -0.3 is 9.31 Å². The van der Waals surface area contributed by atoms with Crippen LogP contribution < -0.4 is 5.59 Å². The zero-order valence-electron chi connectivity index (χ0n) is 13.1. The number of hydrogen-bond acceptors (Lipinski definition) is 5. The average Bonchev–Trinajstić information content (AvgIpc) is 3.02. The molecule has 1 fully saturated rings. The van der Waals surface area contributed by atoms with Crippen LogP contribution in [0.25, 0.3) is 5.69 Å². The fraction of sp³-hybridized carbons (Fsp3) is 0.400. The molecular formula is C15H17BN4O2. The summed E-state index contributed by atoms with van der Waals surface area (Å²) >= 11 is 0. The van der Waals surface area contributed by atoms with Crippen molar-refractivity contribution in [1.82, 2.24) is 15.0 Å². The smallest absolute Gasteiger partial charge is 0.398 e. The van der Waals surface area contributed by atoms with Crippen LogP contribution in [-0.4, -0.2) is 33.3 Å². The summed E-state index contributed by atoms with van der Waals surface area (Å²) < 4.78 is 13.5. The van der Waals surface area contributed by atoms with E-state index >= 15 is 0 Å². The van der Waals surface area contributed by atoms with E-state index in [1.54, 1.807) is 23.0 Å². The van der Waals surface area contributed by atoms with Gasteiger partial charge in [0, 0.05) is 0 Å². The average molecular weight is 296 g/mol. The summed E-state index contributed by atoms with van der Waals surface area (Å²) in [5, 5.41) is 17.2. The molecule has 0 amide bonds. The highest BCUT2D eigenvalue weighted by atomic mass is 16.7. The first-order valence-corrected chi connectivity index (χ1v) is 7.11. The van der Waals surface area contributed by atoms with Crippen LogP contribution >= 0.6 is 0 Å². The third-order valence-corrected chi connectivity index (χ3v) is 4.25. The predicted molar refractivity (Wildman–Crippen MR) is 81.8 cm³/mol. The first kappa shape index (κ1) is 14.8. The molecule has 1 saturated heterocycles. The Morgan fingerprint density at radius 3 is 2.50 bits per heavy atom. The normalized spacial score (nSPS) is 19.1. The van der Waals surface area contributed by atoms with Crippen LogP contribution in [0.15, 0.2) is 30.5 Å². The van der Waals surface area contributed by atoms with Crippen molar-refractivity contribution >= 4 is 12.7 Å². The molecule has 2 heterocycles. The maximum atomic E-state index is 8.97. The number of rotatable bonds is 2. The van der Waals surface area contributed by atoms with Crippen LogP contribution in [0.1, 0.15) is 33.3 Å². The van der Waals surface area contributed by atoms with Gasteiger partial charge >= 0.3 is 7.12 Å². The zero-order chi connectivity index (χ0) is 16.0. The van der Waals surface area contributed by atoms with E-state index in [-0.39, 0.29) is 0 Å². The van der Waals surface area contributed by atoms with Crippen LogP contribution in [0, 0.1) is 11.3 Å². The van der Waals surface area contributed by atoms with Gasteiger partial charge in [0.1, 0.15) is 5.59 Å². The SMILES string of the molecule is CC1(C)OB(c2cn(-c3cccc(C#N)c3)nn2)OC1(C)C. The molecule has 112 valence electrons. The van der Waals surface area contributed by atoms with Crippen molar-refractivity contribution in [2.45, 2.75) is 38.9 Å². The molecule has 0 radical (unpaired) electrons. The molecule has 0 spiro atoms. The Morgan fingerprint density at radius 2 is 1.86 bits per heavy atom. The maximum absolute atomic E-state index is 8.97. The highest BCUT2D eigenvalue weighted by molar-refractivity contribution is 6.61. The van der Waals surface area contributed by atoms with Gasteiger partial charge in [-0.3, -0.25) is 0 Å². The fourth-order valence-corrected chi connectivity index (χ4v) is 2.19. The highest BCUT2D eigenvalue weighted by Crippen LogP contribution is 2.36. The van der Waals surface area contributed by atoms with E-state index in [0.29, 0.717) is 11.2 Å². The Kier molecular flexibility index (Phi) is 3.31. The van der Waals surface area contributed by atoms with Gasteiger partial charge in [-0.2, -0.15) is 5.26 Å². The van der Waals surface area contributed by atoms with E-state index in [0.717, 1.165) is 5.69 Å². The highest BCUT2D eigenvalue weighted by Gasteiger charge is 2.52. The van der Waals surface area contributed by atoms with E-state index in [4.69, 9.17) is 14.6 Å². The molecule has 1 aromatic carbocycles. The van der Waals surface area contributed by atoms with Crippen molar-refractivity contribution in [2.75, 3.05) is 0 Å². The summed E-state index contributed by atoms with van der Waals surface area (Å²) in [5.41, 5.74) is 1.13. The molecule has 22 heavy (non-hydrogen) atoms. The minimum Gasteiger partial charge on any atom is -0.398 e. The lowest BCUT2D eigenvalue weighted by molar-refractivity contribution is 0.00578. The topological polar surface area (TPSA) is 73.0 Å².